The molecule has 0 aliphatic rings. The molecule has 35 heteroatoms. The van der Waals surface area contributed by atoms with Crippen LogP contribution >= 0.6 is 82.0 Å². The molecule has 0 saturated heterocycles. The zero-order chi connectivity index (χ0) is 46.9. The highest BCUT2D eigenvalue weighted by Gasteiger charge is 2.23. The Morgan fingerprint density at radius 1 is 0.692 bits per heavy atom. The van der Waals surface area contributed by atoms with Crippen LogP contribution in [0.1, 0.15) is 0 Å². The Bertz CT molecular complexity index is 2910. The molecule has 3 aromatic carbocycles. The highest BCUT2D eigenvalue weighted by molar-refractivity contribution is 7.99. The maximum absolute atomic E-state index is 12.5. The van der Waals surface area contributed by atoms with E-state index >= 15 is 0 Å². The summed E-state index contributed by atoms with van der Waals surface area (Å²) >= 11 is 26.2. The second-order valence-electron chi connectivity index (χ2n) is 11.9. The lowest BCUT2D eigenvalue weighted by molar-refractivity contribution is -0.432. The smallest absolute Gasteiger partial charge is 0.316 e. The van der Waals surface area contributed by atoms with Crippen LogP contribution in [-0.4, -0.2) is 107 Å². The molecule has 0 aliphatic carbocycles. The van der Waals surface area contributed by atoms with Crippen LogP contribution in [0.5, 0.6) is 0 Å². The normalized spacial score (nSPS) is 11.9. The van der Waals surface area contributed by atoms with Crippen LogP contribution in [0, 0.1) is 0 Å². The third kappa shape index (κ3) is 14.6. The number of rotatable bonds is 20. The first-order chi connectivity index (χ1) is 30.8. The number of thioether (sulfide) groups is 2. The van der Waals surface area contributed by atoms with Crippen molar-refractivity contribution in [3.05, 3.63) is 63.6 Å². The largest absolute Gasteiger partial charge is 0.353 e. The van der Waals surface area contributed by atoms with Crippen LogP contribution in [0.2, 0.25) is 21.1 Å². The Morgan fingerprint density at radius 2 is 1.25 bits per heavy atom. The van der Waals surface area contributed by atoms with Gasteiger partial charge in [-0.25, -0.2) is 10.1 Å². The zero-order valence-electron chi connectivity index (χ0n) is 31.6. The number of hydrogen-bond donors (Lipinski definition) is 8. The lowest BCUT2D eigenvalue weighted by Gasteiger charge is -2.12. The van der Waals surface area contributed by atoms with Crippen LogP contribution in [0.15, 0.2) is 77.7 Å². The molecule has 0 bridgehead atoms. The van der Waals surface area contributed by atoms with Crippen molar-refractivity contribution in [3.63, 3.8) is 0 Å². The molecule has 2 amide bonds. The van der Waals surface area contributed by atoms with Crippen molar-refractivity contribution in [2.45, 2.75) is 25.0 Å². The van der Waals surface area contributed by atoms with Crippen LogP contribution in [0.4, 0.5) is 45.4 Å². The third-order valence-corrected chi connectivity index (χ3v) is 12.2. The Kier molecular flexibility index (Phi) is 16.8. The first kappa shape index (κ1) is 49.6. The van der Waals surface area contributed by atoms with E-state index in [9.17, 15) is 30.7 Å². The number of urea groups is 1. The highest BCUT2D eigenvalue weighted by atomic mass is 35.5. The fraction of sp³-hybridized carbons (Fsp3) is 0.133. The second-order valence-corrected chi connectivity index (χ2v) is 18.9. The van der Waals surface area contributed by atoms with Crippen molar-refractivity contribution in [1.29, 1.82) is 0 Å². The molecule has 0 atom stereocenters. The molecule has 6 rings (SSSR count). The van der Waals surface area contributed by atoms with Crippen molar-refractivity contribution in [2.75, 3.05) is 45.9 Å². The molecule has 0 radical (unpaired) electrons. The monoisotopic (exact) mass is 1070 g/mol. The number of halogens is 4. The summed E-state index contributed by atoms with van der Waals surface area (Å²) in [6.07, 6.45) is 0. The molecular formula is C30H24Cl4N16O10S5. The Balaban J connectivity index is 1.28. The van der Waals surface area contributed by atoms with E-state index in [1.54, 1.807) is 0 Å². The van der Waals surface area contributed by atoms with E-state index in [4.69, 9.17) is 57.4 Å². The molecule has 0 aliphatic heterocycles. The summed E-state index contributed by atoms with van der Waals surface area (Å²) in [5, 5.41) is 31.2. The third-order valence-electron chi connectivity index (χ3n) is 7.45. The standard InChI is InChI=1S/C30H24Cl4N16O10S5/c31-21-40-22(32)43-26(42-21)36-3-5-61-29-46-28(47-30(48-29)62-6-4-37-27-44-23(33)41-24(34)45-27)38-13-1-2-16(17(9-13)39-25(35)51)49-50-18-11-15-12(8-20(18)65(56,57)58)7-14(63-60-59-52)10-19(15)64(53,54)55/h1-2,7-11,52H,3-6H2,(H3,35,39,51)(H,53,54,55)(H,56,57,58)(H,36,40,42,43)(H,37,41,44,45)(H,38,46,47,48)/b50-49+. The average molecular weight is 1070 g/mol. The van der Waals surface area contributed by atoms with E-state index in [0.717, 1.165) is 18.2 Å². The van der Waals surface area contributed by atoms with E-state index in [2.05, 4.69) is 85.7 Å². The molecule has 0 fully saturated rings. The fourth-order valence-corrected chi connectivity index (χ4v) is 9.09. The molecule has 9 N–H and O–H groups in total. The van der Waals surface area contributed by atoms with Crippen molar-refractivity contribution < 1.29 is 45.4 Å². The number of carbonyl (C=O) groups is 1. The molecule has 0 spiro atoms. The summed E-state index contributed by atoms with van der Waals surface area (Å²) in [5.74, 6) is 1.15. The molecule has 6 aromatic rings. The Morgan fingerprint density at radius 3 is 1.77 bits per heavy atom. The van der Waals surface area contributed by atoms with Crippen molar-refractivity contribution in [2.24, 2.45) is 16.0 Å². The molecule has 342 valence electrons. The molecule has 0 unspecified atom stereocenters. The summed E-state index contributed by atoms with van der Waals surface area (Å²) in [7, 11) is -10.0. The first-order valence-electron chi connectivity index (χ1n) is 17.1. The maximum Gasteiger partial charge on any atom is 0.316 e. The molecular weight excluding hydrogens is 1050 g/mol. The summed E-state index contributed by atoms with van der Waals surface area (Å²) in [4.78, 5) is 47.2. The number of anilines is 5. The number of aromatic nitrogens is 9. The number of nitrogens with two attached hydrogens (primary N) is 1. The predicted molar refractivity (Wildman–Crippen MR) is 239 cm³/mol. The summed E-state index contributed by atoms with van der Waals surface area (Å²) in [6, 6.07) is 7.05. The summed E-state index contributed by atoms with van der Waals surface area (Å²) in [6.45, 7) is 0.640. The fourth-order valence-electron chi connectivity index (χ4n) is 5.03. The lowest BCUT2D eigenvalue weighted by atomic mass is 10.1. The van der Waals surface area contributed by atoms with E-state index < -0.39 is 41.7 Å². The summed E-state index contributed by atoms with van der Waals surface area (Å²) < 4.78 is 74.1. The average Bonchev–Trinajstić information content (AvgIpc) is 3.21. The van der Waals surface area contributed by atoms with Gasteiger partial charge in [-0.05, 0) is 94.3 Å². The first-order valence-corrected chi connectivity index (χ1v) is 24.2. The van der Waals surface area contributed by atoms with Gasteiger partial charge in [0.05, 0.1) is 17.7 Å². The summed E-state index contributed by atoms with van der Waals surface area (Å²) in [5.41, 5.74) is 4.95. The number of primary amides is 1. The maximum atomic E-state index is 12.5. The van der Waals surface area contributed by atoms with E-state index in [1.165, 1.54) is 47.8 Å². The number of benzene rings is 3. The topological polar surface area (TPSA) is 379 Å². The van der Waals surface area contributed by atoms with E-state index in [1.807, 2.05) is 0 Å². The number of nitrogens with zero attached hydrogens (tertiary/aromatic N) is 11. The van der Waals surface area contributed by atoms with Gasteiger partial charge in [0.25, 0.3) is 20.2 Å². The number of nitrogens with one attached hydrogen (secondary N) is 4. The van der Waals surface area contributed by atoms with E-state index in [-0.39, 0.29) is 82.0 Å². The van der Waals surface area contributed by atoms with Crippen molar-refractivity contribution >= 4 is 160 Å². The molecule has 3 heterocycles. The van der Waals surface area contributed by atoms with Gasteiger partial charge in [-0.3, -0.25) is 9.11 Å². The van der Waals surface area contributed by atoms with Gasteiger partial charge in [0.2, 0.25) is 39.0 Å². The molecule has 3 aromatic heterocycles. The van der Waals surface area contributed by atoms with Gasteiger partial charge in [-0.15, -0.1) is 14.6 Å². The van der Waals surface area contributed by atoms with Crippen LogP contribution in [0.3, 0.4) is 0 Å². The number of azo groups is 1. The van der Waals surface area contributed by atoms with Gasteiger partial charge >= 0.3 is 6.03 Å². The van der Waals surface area contributed by atoms with Crippen LogP contribution in [-0.2, 0) is 29.6 Å². The quantitative estimate of drug-likeness (QED) is 0.00726. The molecule has 26 nitrogen and oxygen atoms in total. The van der Waals surface area contributed by atoms with Gasteiger partial charge in [0, 0.05) is 40.6 Å². The lowest BCUT2D eigenvalue weighted by Crippen LogP contribution is -2.19. The minimum atomic E-state index is -5.06. The van der Waals surface area contributed by atoms with Gasteiger partial charge in [-0.2, -0.15) is 61.7 Å². The van der Waals surface area contributed by atoms with Crippen LogP contribution in [0.25, 0.3) is 10.8 Å². The predicted octanol–water partition coefficient (Wildman–Crippen LogP) is 6.99. The Hall–Kier alpha value is -4.87. The minimum absolute atomic E-state index is 0.0537. The Labute approximate surface area is 397 Å². The SMILES string of the molecule is NC(=O)Nc1cc(Nc2nc(SCCNc3nc(Cl)nc(Cl)n3)nc(SCCNc3nc(Cl)nc(Cl)n3)n2)ccc1/N=N/c1cc2c(S(=O)(=O)O)cc(SOOO)cc2cc1S(=O)(=O)O. The molecule has 0 saturated carbocycles. The van der Waals surface area contributed by atoms with E-state index in [0.29, 0.717) is 36.6 Å². The minimum Gasteiger partial charge on any atom is -0.353 e. The number of hydrogen-bond acceptors (Lipinski definition) is 25. The van der Waals surface area contributed by atoms with Gasteiger partial charge in [0.1, 0.15) is 21.2 Å². The van der Waals surface area contributed by atoms with Gasteiger partial charge in [-0.1, -0.05) is 28.6 Å². The number of amides is 2. The van der Waals surface area contributed by atoms with Crippen molar-refractivity contribution in [3.8, 4) is 0 Å². The van der Waals surface area contributed by atoms with Crippen molar-refractivity contribution in [1.82, 2.24) is 44.9 Å². The number of fused-ring (bicyclic) bond motifs is 1. The van der Waals surface area contributed by atoms with Gasteiger partial charge in [0.15, 0.2) is 10.3 Å². The highest BCUT2D eigenvalue weighted by Crippen LogP contribution is 2.38. The molecule has 65 heavy (non-hydrogen) atoms. The van der Waals surface area contributed by atoms with Crippen LogP contribution < -0.4 is 27.0 Å². The second kappa shape index (κ2) is 22.1. The zero-order valence-corrected chi connectivity index (χ0v) is 38.7. The number of carbonyl (C=O) groups excluding carboxylic acids is 1. The van der Waals surface area contributed by atoms with Gasteiger partial charge < -0.3 is 27.0 Å².